The minimum Gasteiger partial charge on any atom is -0.357 e. The molecule has 4 rings (SSSR count). The third kappa shape index (κ3) is 5.04. The number of aromatic nitrogens is 2. The standard InChI is InChI=1S/C22H27N5.HI/c1-2-23-22(26-19-11-10-17-7-3-4-8-18(17)15-19)24-13-12-20-16-27-14-6-5-9-21(27)25-20;/h3-9,14,16,19H,2,10-13,15H2,1H3,(H2,23,24,26);1H. The van der Waals surface area contributed by atoms with Crippen LogP contribution in [0.2, 0.25) is 0 Å². The Labute approximate surface area is 183 Å². The fourth-order valence-electron chi connectivity index (χ4n) is 3.72. The number of nitrogens with zero attached hydrogens (tertiary/aromatic N) is 3. The molecule has 2 aromatic heterocycles. The molecule has 0 radical (unpaired) electrons. The average Bonchev–Trinajstić information content (AvgIpc) is 3.11. The van der Waals surface area contributed by atoms with Crippen LogP contribution in [-0.2, 0) is 19.3 Å². The zero-order valence-electron chi connectivity index (χ0n) is 16.3. The lowest BCUT2D eigenvalue weighted by Crippen LogP contribution is -2.45. The molecular weight excluding hydrogens is 461 g/mol. The van der Waals surface area contributed by atoms with Crippen LogP contribution in [0.3, 0.4) is 0 Å². The lowest BCUT2D eigenvalue weighted by atomic mass is 9.88. The maximum absolute atomic E-state index is 4.77. The Hall–Kier alpha value is -2.09. The summed E-state index contributed by atoms with van der Waals surface area (Å²) in [5, 5.41) is 7.00. The summed E-state index contributed by atoms with van der Waals surface area (Å²) in [6.07, 6.45) is 8.30. The van der Waals surface area contributed by atoms with Crippen molar-refractivity contribution in [3.05, 3.63) is 71.7 Å². The van der Waals surface area contributed by atoms with E-state index in [1.807, 2.05) is 24.4 Å². The zero-order valence-corrected chi connectivity index (χ0v) is 18.6. The summed E-state index contributed by atoms with van der Waals surface area (Å²) in [7, 11) is 0. The van der Waals surface area contributed by atoms with Crippen molar-refractivity contribution < 1.29 is 0 Å². The number of benzene rings is 1. The SMILES string of the molecule is CCNC(=NCCc1cn2ccccc2n1)NC1CCc2ccccc2C1.I. The van der Waals surface area contributed by atoms with Crippen LogP contribution in [0.4, 0.5) is 0 Å². The molecule has 2 N–H and O–H groups in total. The molecule has 0 amide bonds. The van der Waals surface area contributed by atoms with Gasteiger partial charge in [0.25, 0.3) is 0 Å². The maximum atomic E-state index is 4.77. The first-order chi connectivity index (χ1) is 13.3. The lowest BCUT2D eigenvalue weighted by Gasteiger charge is -2.27. The Morgan fingerprint density at radius 2 is 2.00 bits per heavy atom. The largest absolute Gasteiger partial charge is 0.357 e. The van der Waals surface area contributed by atoms with Crippen LogP contribution >= 0.6 is 24.0 Å². The van der Waals surface area contributed by atoms with Crippen molar-refractivity contribution in [2.24, 2.45) is 4.99 Å². The van der Waals surface area contributed by atoms with Gasteiger partial charge in [-0.2, -0.15) is 0 Å². The van der Waals surface area contributed by atoms with Crippen molar-refractivity contribution in [2.45, 2.75) is 38.6 Å². The molecule has 1 unspecified atom stereocenters. The van der Waals surface area contributed by atoms with Crippen LogP contribution in [0.15, 0.2) is 59.9 Å². The second-order valence-corrected chi connectivity index (χ2v) is 7.06. The van der Waals surface area contributed by atoms with Crippen LogP contribution in [-0.4, -0.2) is 34.5 Å². The highest BCUT2D eigenvalue weighted by molar-refractivity contribution is 14.0. The first-order valence-corrected chi connectivity index (χ1v) is 9.86. The summed E-state index contributed by atoms with van der Waals surface area (Å²) < 4.78 is 2.06. The van der Waals surface area contributed by atoms with E-state index in [1.54, 1.807) is 0 Å². The predicted octanol–water partition coefficient (Wildman–Crippen LogP) is 3.61. The first kappa shape index (κ1) is 20.6. The van der Waals surface area contributed by atoms with E-state index >= 15 is 0 Å². The van der Waals surface area contributed by atoms with E-state index in [-0.39, 0.29) is 24.0 Å². The van der Waals surface area contributed by atoms with Crippen LogP contribution in [0.1, 0.15) is 30.2 Å². The van der Waals surface area contributed by atoms with Gasteiger partial charge in [-0.3, -0.25) is 4.99 Å². The number of guanidine groups is 1. The Kier molecular flexibility index (Phi) is 7.30. The van der Waals surface area contributed by atoms with E-state index in [0.717, 1.165) is 56.1 Å². The molecule has 1 aliphatic rings. The normalized spacial score (nSPS) is 16.3. The number of aryl methyl sites for hydroxylation is 1. The minimum absolute atomic E-state index is 0. The summed E-state index contributed by atoms with van der Waals surface area (Å²) in [6, 6.07) is 15.3. The molecule has 0 saturated heterocycles. The third-order valence-corrected chi connectivity index (χ3v) is 5.08. The smallest absolute Gasteiger partial charge is 0.191 e. The molecule has 0 bridgehead atoms. The molecule has 6 heteroatoms. The van der Waals surface area contributed by atoms with Gasteiger partial charge in [0.1, 0.15) is 5.65 Å². The van der Waals surface area contributed by atoms with Crippen LogP contribution < -0.4 is 10.6 Å². The number of aliphatic imine (C=N–C) groups is 1. The van der Waals surface area contributed by atoms with Crippen LogP contribution in [0, 0.1) is 0 Å². The summed E-state index contributed by atoms with van der Waals surface area (Å²) in [5.74, 6) is 0.908. The fourth-order valence-corrected chi connectivity index (χ4v) is 3.72. The second kappa shape index (κ2) is 9.91. The van der Waals surface area contributed by atoms with Gasteiger partial charge >= 0.3 is 0 Å². The molecule has 1 aliphatic carbocycles. The van der Waals surface area contributed by atoms with E-state index in [1.165, 1.54) is 11.1 Å². The molecule has 0 saturated carbocycles. The van der Waals surface area contributed by atoms with Crippen molar-refractivity contribution in [2.75, 3.05) is 13.1 Å². The molecule has 1 atom stereocenters. The van der Waals surface area contributed by atoms with Gasteiger partial charge in [-0.05, 0) is 49.4 Å². The van der Waals surface area contributed by atoms with Gasteiger partial charge in [0.15, 0.2) is 5.96 Å². The van der Waals surface area contributed by atoms with Gasteiger partial charge in [-0.25, -0.2) is 4.98 Å². The number of rotatable bonds is 5. The average molecular weight is 489 g/mol. The molecule has 2 heterocycles. The van der Waals surface area contributed by atoms with Crippen LogP contribution in [0.5, 0.6) is 0 Å². The first-order valence-electron chi connectivity index (χ1n) is 9.86. The summed E-state index contributed by atoms with van der Waals surface area (Å²) in [5.41, 5.74) is 5.01. The van der Waals surface area contributed by atoms with Crippen molar-refractivity contribution >= 4 is 35.6 Å². The van der Waals surface area contributed by atoms with E-state index in [9.17, 15) is 0 Å². The minimum atomic E-state index is 0. The quantitative estimate of drug-likeness (QED) is 0.327. The number of fused-ring (bicyclic) bond motifs is 2. The molecule has 148 valence electrons. The molecule has 5 nitrogen and oxygen atoms in total. The monoisotopic (exact) mass is 489 g/mol. The fraction of sp³-hybridized carbons (Fsp3) is 0.364. The third-order valence-electron chi connectivity index (χ3n) is 5.08. The van der Waals surface area contributed by atoms with Crippen molar-refractivity contribution in [3.8, 4) is 0 Å². The van der Waals surface area contributed by atoms with Gasteiger partial charge in [-0.15, -0.1) is 24.0 Å². The highest BCUT2D eigenvalue weighted by Crippen LogP contribution is 2.20. The lowest BCUT2D eigenvalue weighted by molar-refractivity contribution is 0.520. The molecule has 28 heavy (non-hydrogen) atoms. The molecule has 3 aromatic rings. The van der Waals surface area contributed by atoms with E-state index in [2.05, 4.69) is 57.4 Å². The van der Waals surface area contributed by atoms with Gasteiger partial charge in [0, 0.05) is 37.9 Å². The number of imidazole rings is 1. The highest BCUT2D eigenvalue weighted by Gasteiger charge is 2.18. The van der Waals surface area contributed by atoms with Crippen molar-refractivity contribution in [1.82, 2.24) is 20.0 Å². The highest BCUT2D eigenvalue weighted by atomic mass is 127. The second-order valence-electron chi connectivity index (χ2n) is 7.06. The van der Waals surface area contributed by atoms with E-state index in [0.29, 0.717) is 6.04 Å². The van der Waals surface area contributed by atoms with Gasteiger partial charge in [-0.1, -0.05) is 30.3 Å². The van der Waals surface area contributed by atoms with Crippen molar-refractivity contribution in [1.29, 1.82) is 0 Å². The molecular formula is C22H28IN5. The zero-order chi connectivity index (χ0) is 18.5. The van der Waals surface area contributed by atoms with Gasteiger partial charge < -0.3 is 15.0 Å². The summed E-state index contributed by atoms with van der Waals surface area (Å²) in [6.45, 7) is 3.70. The Morgan fingerprint density at radius 1 is 1.18 bits per heavy atom. The topological polar surface area (TPSA) is 53.7 Å². The van der Waals surface area contributed by atoms with Gasteiger partial charge in [0.2, 0.25) is 0 Å². The summed E-state index contributed by atoms with van der Waals surface area (Å²) in [4.78, 5) is 9.42. The molecule has 0 fully saturated rings. The summed E-state index contributed by atoms with van der Waals surface area (Å²) >= 11 is 0. The van der Waals surface area contributed by atoms with Gasteiger partial charge in [0.05, 0.1) is 5.69 Å². The Morgan fingerprint density at radius 3 is 2.82 bits per heavy atom. The van der Waals surface area contributed by atoms with E-state index < -0.39 is 0 Å². The molecule has 0 aliphatic heterocycles. The van der Waals surface area contributed by atoms with Crippen LogP contribution in [0.25, 0.3) is 5.65 Å². The number of hydrogen-bond donors (Lipinski definition) is 2. The number of hydrogen-bond acceptors (Lipinski definition) is 2. The molecule has 1 aromatic carbocycles. The number of pyridine rings is 1. The molecule has 0 spiro atoms. The van der Waals surface area contributed by atoms with Crippen molar-refractivity contribution in [3.63, 3.8) is 0 Å². The maximum Gasteiger partial charge on any atom is 0.191 e. The van der Waals surface area contributed by atoms with E-state index in [4.69, 9.17) is 4.99 Å². The predicted molar refractivity (Wildman–Crippen MR) is 126 cm³/mol. The number of nitrogens with one attached hydrogen (secondary N) is 2. The Balaban J connectivity index is 0.00000225. The Bertz CT molecular complexity index is 900. The number of halogens is 1.